The summed E-state index contributed by atoms with van der Waals surface area (Å²) in [5.41, 5.74) is 3.94. The molecule has 0 atom stereocenters. The maximum atomic E-state index is 11.8. The third kappa shape index (κ3) is 5.32. The fraction of sp³-hybridized carbons (Fsp3) is 0.889. The first-order valence-electron chi connectivity index (χ1n) is 4.89. The van der Waals surface area contributed by atoms with Crippen LogP contribution in [-0.4, -0.2) is 30.8 Å². The first kappa shape index (κ1) is 15.2. The Morgan fingerprint density at radius 3 is 2.06 bits per heavy atom. The lowest BCUT2D eigenvalue weighted by Crippen LogP contribution is -2.54. The van der Waals surface area contributed by atoms with Crippen LogP contribution in [0.3, 0.4) is 0 Å². The molecule has 0 aromatic rings. The maximum Gasteiger partial charge on any atom is 0.213 e. The lowest BCUT2D eigenvalue weighted by Gasteiger charge is -2.27. The second-order valence-corrected chi connectivity index (χ2v) is 7.25. The van der Waals surface area contributed by atoms with Crippen molar-refractivity contribution in [3.63, 3.8) is 0 Å². The highest BCUT2D eigenvalue weighted by Gasteiger charge is 2.31. The van der Waals surface area contributed by atoms with Crippen molar-refractivity contribution in [3.8, 4) is 0 Å². The quantitative estimate of drug-likeness (QED) is 0.292. The standard InChI is InChI=1S/C9H21N3O3S/c1-8(2,3)6-16(14,15)12-9(4,5)7(10)11-13/h12-13H,6H2,1-5H3,(H2,10,11). The molecule has 0 aliphatic carbocycles. The molecule has 7 heteroatoms. The predicted molar refractivity (Wildman–Crippen MR) is 63.9 cm³/mol. The number of oxime groups is 1. The Balaban J connectivity index is 4.86. The summed E-state index contributed by atoms with van der Waals surface area (Å²) in [7, 11) is -3.47. The summed E-state index contributed by atoms with van der Waals surface area (Å²) in [6.45, 7) is 8.53. The highest BCUT2D eigenvalue weighted by atomic mass is 32.2. The first-order chi connectivity index (χ1) is 6.90. The van der Waals surface area contributed by atoms with Gasteiger partial charge in [-0.25, -0.2) is 13.1 Å². The van der Waals surface area contributed by atoms with Crippen molar-refractivity contribution in [2.24, 2.45) is 16.3 Å². The topological polar surface area (TPSA) is 105 Å². The van der Waals surface area contributed by atoms with E-state index in [1.807, 2.05) is 20.8 Å². The van der Waals surface area contributed by atoms with Crippen LogP contribution in [0.15, 0.2) is 5.16 Å². The highest BCUT2D eigenvalue weighted by molar-refractivity contribution is 7.89. The molecule has 0 spiro atoms. The Kier molecular flexibility index (Phi) is 4.35. The number of nitrogens with one attached hydrogen (secondary N) is 1. The van der Waals surface area contributed by atoms with Gasteiger partial charge in [0.1, 0.15) is 0 Å². The van der Waals surface area contributed by atoms with Gasteiger partial charge in [0, 0.05) is 0 Å². The van der Waals surface area contributed by atoms with Crippen molar-refractivity contribution in [2.45, 2.75) is 40.2 Å². The fourth-order valence-electron chi connectivity index (χ4n) is 1.17. The van der Waals surface area contributed by atoms with E-state index >= 15 is 0 Å². The van der Waals surface area contributed by atoms with Crippen LogP contribution in [0.25, 0.3) is 0 Å². The van der Waals surface area contributed by atoms with Crippen molar-refractivity contribution < 1.29 is 13.6 Å². The van der Waals surface area contributed by atoms with Crippen LogP contribution in [0.1, 0.15) is 34.6 Å². The van der Waals surface area contributed by atoms with Gasteiger partial charge in [-0.2, -0.15) is 0 Å². The average Bonchev–Trinajstić information content (AvgIpc) is 1.95. The zero-order valence-electron chi connectivity index (χ0n) is 10.4. The molecule has 0 unspecified atom stereocenters. The molecule has 0 aromatic heterocycles. The van der Waals surface area contributed by atoms with E-state index in [1.165, 1.54) is 13.8 Å². The first-order valence-corrected chi connectivity index (χ1v) is 6.54. The molecule has 0 bridgehead atoms. The van der Waals surface area contributed by atoms with Crippen molar-refractivity contribution >= 4 is 15.9 Å². The Morgan fingerprint density at radius 1 is 1.31 bits per heavy atom. The second kappa shape index (κ2) is 4.58. The number of amidine groups is 1. The van der Waals surface area contributed by atoms with E-state index in [0.717, 1.165) is 0 Å². The zero-order chi connectivity index (χ0) is 13.2. The van der Waals surface area contributed by atoms with E-state index < -0.39 is 15.6 Å². The van der Waals surface area contributed by atoms with Crippen LogP contribution in [0.4, 0.5) is 0 Å². The van der Waals surface area contributed by atoms with Crippen molar-refractivity contribution in [3.05, 3.63) is 0 Å². The van der Waals surface area contributed by atoms with Gasteiger partial charge in [-0.05, 0) is 19.3 Å². The van der Waals surface area contributed by atoms with Gasteiger partial charge in [0.05, 0.1) is 11.3 Å². The summed E-state index contributed by atoms with van der Waals surface area (Å²) in [5, 5.41) is 11.3. The van der Waals surface area contributed by atoms with Gasteiger partial charge in [-0.3, -0.25) is 0 Å². The van der Waals surface area contributed by atoms with Gasteiger partial charge < -0.3 is 10.9 Å². The van der Waals surface area contributed by atoms with E-state index in [-0.39, 0.29) is 17.0 Å². The number of nitrogens with zero attached hydrogens (tertiary/aromatic N) is 1. The minimum Gasteiger partial charge on any atom is -0.409 e. The number of rotatable bonds is 4. The Morgan fingerprint density at radius 2 is 1.75 bits per heavy atom. The van der Waals surface area contributed by atoms with Crippen molar-refractivity contribution in [1.29, 1.82) is 0 Å². The summed E-state index contributed by atoms with van der Waals surface area (Å²) in [6.07, 6.45) is 0. The van der Waals surface area contributed by atoms with Gasteiger partial charge in [0.25, 0.3) is 0 Å². The third-order valence-corrected chi connectivity index (χ3v) is 3.85. The lowest BCUT2D eigenvalue weighted by atomic mass is 10.0. The molecule has 96 valence electrons. The number of hydrogen-bond donors (Lipinski definition) is 3. The van der Waals surface area contributed by atoms with Gasteiger partial charge in [-0.15, -0.1) is 0 Å². The van der Waals surface area contributed by atoms with Crippen molar-refractivity contribution in [1.82, 2.24) is 4.72 Å². The van der Waals surface area contributed by atoms with Crippen LogP contribution < -0.4 is 10.5 Å². The Bertz CT molecular complexity index is 366. The highest BCUT2D eigenvalue weighted by Crippen LogP contribution is 2.17. The summed E-state index contributed by atoms with van der Waals surface area (Å²) < 4.78 is 26.0. The van der Waals surface area contributed by atoms with Gasteiger partial charge in [0.15, 0.2) is 5.84 Å². The molecule has 16 heavy (non-hydrogen) atoms. The maximum absolute atomic E-state index is 11.8. The average molecular weight is 251 g/mol. The van der Waals surface area contributed by atoms with Crippen LogP contribution >= 0.6 is 0 Å². The molecule has 0 radical (unpaired) electrons. The predicted octanol–water partition coefficient (Wildman–Crippen LogP) is 0.477. The SMILES string of the molecule is CC(C)(C)CS(=O)(=O)NC(C)(C)C(N)=NO. The Hall–Kier alpha value is -0.820. The third-order valence-electron chi connectivity index (χ3n) is 1.78. The summed E-state index contributed by atoms with van der Waals surface area (Å²) in [5.74, 6) is -0.202. The van der Waals surface area contributed by atoms with Gasteiger partial charge in [0.2, 0.25) is 10.0 Å². The molecule has 6 nitrogen and oxygen atoms in total. The van der Waals surface area contributed by atoms with Crippen LogP contribution in [-0.2, 0) is 10.0 Å². The van der Waals surface area contributed by atoms with Crippen molar-refractivity contribution in [2.75, 3.05) is 5.75 Å². The molecule has 0 heterocycles. The summed E-state index contributed by atoms with van der Waals surface area (Å²) in [6, 6.07) is 0. The monoisotopic (exact) mass is 251 g/mol. The minimum absolute atomic E-state index is 0.0257. The van der Waals surface area contributed by atoms with E-state index in [1.54, 1.807) is 0 Å². The van der Waals surface area contributed by atoms with Crippen LogP contribution in [0, 0.1) is 5.41 Å². The zero-order valence-corrected chi connectivity index (χ0v) is 11.2. The molecule has 4 N–H and O–H groups in total. The van der Waals surface area contributed by atoms with Crippen LogP contribution in [0.5, 0.6) is 0 Å². The van der Waals surface area contributed by atoms with Gasteiger partial charge >= 0.3 is 0 Å². The molecule has 0 rings (SSSR count). The fourth-order valence-corrected chi connectivity index (χ4v) is 3.27. The number of sulfonamides is 1. The minimum atomic E-state index is -3.47. The largest absolute Gasteiger partial charge is 0.409 e. The lowest BCUT2D eigenvalue weighted by molar-refractivity contribution is 0.312. The second-order valence-electron chi connectivity index (χ2n) is 5.53. The number of hydrogen-bond acceptors (Lipinski definition) is 4. The molecular formula is C9H21N3O3S. The number of nitrogens with two attached hydrogens (primary N) is 1. The Labute approximate surface area is 97.0 Å². The molecule has 0 saturated heterocycles. The van der Waals surface area contributed by atoms with E-state index in [0.29, 0.717) is 0 Å². The molecule has 0 fully saturated rings. The smallest absolute Gasteiger partial charge is 0.213 e. The molecular weight excluding hydrogens is 230 g/mol. The van der Waals surface area contributed by atoms with E-state index in [9.17, 15) is 8.42 Å². The molecule has 0 aliphatic heterocycles. The van der Waals surface area contributed by atoms with E-state index in [2.05, 4.69) is 9.88 Å². The molecule has 0 amide bonds. The van der Waals surface area contributed by atoms with Gasteiger partial charge in [-0.1, -0.05) is 25.9 Å². The van der Waals surface area contributed by atoms with E-state index in [4.69, 9.17) is 10.9 Å². The summed E-state index contributed by atoms with van der Waals surface area (Å²) in [4.78, 5) is 0. The summed E-state index contributed by atoms with van der Waals surface area (Å²) >= 11 is 0. The molecule has 0 saturated carbocycles. The molecule has 0 aromatic carbocycles. The molecule has 0 aliphatic rings. The normalized spacial score (nSPS) is 15.2. The van der Waals surface area contributed by atoms with Crippen LogP contribution in [0.2, 0.25) is 0 Å².